The van der Waals surface area contributed by atoms with Crippen LogP contribution < -0.4 is 11.1 Å². The summed E-state index contributed by atoms with van der Waals surface area (Å²) in [6.07, 6.45) is -0.231. The van der Waals surface area contributed by atoms with Crippen molar-refractivity contribution in [1.29, 1.82) is 0 Å². The second-order valence-electron chi connectivity index (χ2n) is 8.99. The van der Waals surface area contributed by atoms with Gasteiger partial charge >= 0.3 is 6.03 Å². The number of piperazine rings is 1. The maximum atomic E-state index is 14.0. The third-order valence-electron chi connectivity index (χ3n) is 6.50. The van der Waals surface area contributed by atoms with Crippen molar-refractivity contribution in [2.24, 2.45) is 5.73 Å². The molecule has 4 amide bonds. The van der Waals surface area contributed by atoms with Gasteiger partial charge in [-0.3, -0.25) is 9.59 Å². The molecule has 0 saturated carbocycles. The largest absolute Gasteiger partial charge is 0.334 e. The Morgan fingerprint density at radius 2 is 1.62 bits per heavy atom. The molecule has 2 saturated heterocycles. The topological polar surface area (TPSA) is 102 Å². The summed E-state index contributed by atoms with van der Waals surface area (Å²) >= 11 is 0. The number of nitrogens with one attached hydrogen (secondary N) is 1. The summed E-state index contributed by atoms with van der Waals surface area (Å²) in [7, 11) is 0. The lowest BCUT2D eigenvalue weighted by Gasteiger charge is -2.54. The zero-order chi connectivity index (χ0) is 26.5. The van der Waals surface area contributed by atoms with Gasteiger partial charge in [-0.1, -0.05) is 24.3 Å². The van der Waals surface area contributed by atoms with Crippen LogP contribution >= 0.6 is 0 Å². The Bertz CT molecular complexity index is 1120. The molecule has 0 spiro atoms. The fourth-order valence-electron chi connectivity index (χ4n) is 4.70. The average Bonchev–Trinajstić information content (AvgIpc) is 2.89. The molecule has 0 unspecified atom stereocenters. The molecule has 2 aliphatic heterocycles. The zero-order valence-electron chi connectivity index (χ0n) is 20.2. The average molecular weight is 519 g/mol. The van der Waals surface area contributed by atoms with Crippen LogP contribution in [0, 0.1) is 11.6 Å². The van der Waals surface area contributed by atoms with Gasteiger partial charge in [-0.2, -0.15) is 5.01 Å². The highest BCUT2D eigenvalue weighted by Gasteiger charge is 2.51. The lowest BCUT2D eigenvalue weighted by atomic mass is 10.0. The molecule has 198 valence electrons. The molecule has 3 N–H and O–H groups in total. The molecule has 2 atom stereocenters. The smallest absolute Gasteiger partial charge is 0.333 e. The first-order valence-corrected chi connectivity index (χ1v) is 12.0. The molecule has 2 aromatic rings. The Morgan fingerprint density at radius 1 is 1.00 bits per heavy atom. The van der Waals surface area contributed by atoms with Crippen molar-refractivity contribution in [3.63, 3.8) is 0 Å². The number of rotatable bonds is 8. The number of hydrazine groups is 1. The number of alkyl halides is 1. The quantitative estimate of drug-likeness (QED) is 0.520. The second-order valence-corrected chi connectivity index (χ2v) is 8.99. The third kappa shape index (κ3) is 5.86. The molecule has 2 aliphatic rings. The predicted molar refractivity (Wildman–Crippen MR) is 128 cm³/mol. The molecule has 9 nitrogen and oxygen atoms in total. The molecular formula is C25H29F3N6O3. The Hall–Kier alpha value is -3.64. The van der Waals surface area contributed by atoms with E-state index in [2.05, 4.69) is 5.32 Å². The molecule has 2 aromatic carbocycles. The van der Waals surface area contributed by atoms with Crippen LogP contribution in [0.5, 0.6) is 0 Å². The fraction of sp³-hybridized carbons (Fsp3) is 0.400. The van der Waals surface area contributed by atoms with E-state index in [1.54, 1.807) is 12.1 Å². The number of hydrogen-bond donors (Lipinski definition) is 2. The van der Waals surface area contributed by atoms with Gasteiger partial charge in [0.25, 0.3) is 0 Å². The number of carbonyl (C=O) groups excluding carboxylic acids is 3. The van der Waals surface area contributed by atoms with Gasteiger partial charge in [0.15, 0.2) is 6.80 Å². The Kier molecular flexibility index (Phi) is 8.29. The molecule has 2 heterocycles. The highest BCUT2D eigenvalue weighted by Crippen LogP contribution is 2.29. The predicted octanol–water partition coefficient (Wildman–Crippen LogP) is 1.94. The van der Waals surface area contributed by atoms with Crippen LogP contribution in [-0.4, -0.2) is 76.3 Å². The molecule has 12 heteroatoms. The number of carbonyl (C=O) groups is 3. The van der Waals surface area contributed by atoms with Gasteiger partial charge in [0.05, 0.1) is 6.54 Å². The summed E-state index contributed by atoms with van der Waals surface area (Å²) in [6.45, 7) is -1.11. The van der Waals surface area contributed by atoms with Gasteiger partial charge in [-0.05, 0) is 54.8 Å². The van der Waals surface area contributed by atoms with E-state index in [1.807, 2.05) is 0 Å². The van der Waals surface area contributed by atoms with Crippen molar-refractivity contribution in [1.82, 2.24) is 25.1 Å². The van der Waals surface area contributed by atoms with Gasteiger partial charge in [0.2, 0.25) is 11.8 Å². The lowest BCUT2D eigenvalue weighted by molar-refractivity contribution is -0.195. The van der Waals surface area contributed by atoms with Crippen molar-refractivity contribution in [2.75, 3.05) is 26.4 Å². The number of halogens is 3. The standard InChI is InChI=1S/C25H29F3N6O3/c26-16-32-15-23(35)33-21(2-1-11-29)24(36)31(13-18-5-9-20(28)10-6-18)14-22(33)34(32)25(37)30-12-17-3-7-19(27)8-4-17/h3-10,21-22H,1-2,11-16,29H2,(H,30,37)/t21-,22-/m0/s1. The monoisotopic (exact) mass is 518 g/mol. The minimum absolute atomic E-state index is 0.0469. The number of nitrogens with two attached hydrogens (primary N) is 1. The van der Waals surface area contributed by atoms with Crippen LogP contribution in [0.2, 0.25) is 0 Å². The van der Waals surface area contributed by atoms with Gasteiger partial charge < -0.3 is 20.9 Å². The molecule has 2 fully saturated rings. The highest BCUT2D eigenvalue weighted by atomic mass is 19.1. The normalized spacial score (nSPS) is 20.3. The van der Waals surface area contributed by atoms with Crippen molar-refractivity contribution < 1.29 is 27.6 Å². The number of nitrogens with zero attached hydrogens (tertiary/aromatic N) is 4. The minimum Gasteiger partial charge on any atom is -0.333 e. The van der Waals surface area contributed by atoms with E-state index in [-0.39, 0.29) is 32.0 Å². The first-order chi connectivity index (χ1) is 17.8. The van der Waals surface area contributed by atoms with Crippen molar-refractivity contribution in [3.05, 3.63) is 71.3 Å². The SMILES string of the molecule is NCCC[C@H]1C(=O)N(Cc2ccc(F)cc2)C[C@H]2N1C(=O)CN(CF)N2C(=O)NCc1ccc(F)cc1. The molecule has 37 heavy (non-hydrogen) atoms. The summed E-state index contributed by atoms with van der Waals surface area (Å²) in [4.78, 5) is 42.7. The number of benzene rings is 2. The number of hydrogen-bond acceptors (Lipinski definition) is 5. The van der Waals surface area contributed by atoms with Crippen molar-refractivity contribution in [2.45, 2.75) is 38.1 Å². The van der Waals surface area contributed by atoms with Crippen molar-refractivity contribution in [3.8, 4) is 0 Å². The summed E-state index contributed by atoms with van der Waals surface area (Å²) in [5, 5.41) is 4.82. The van der Waals surface area contributed by atoms with E-state index in [0.717, 1.165) is 10.0 Å². The Morgan fingerprint density at radius 3 is 2.22 bits per heavy atom. The third-order valence-corrected chi connectivity index (χ3v) is 6.50. The summed E-state index contributed by atoms with van der Waals surface area (Å²) in [6, 6.07) is 9.67. The molecular weight excluding hydrogens is 489 g/mol. The van der Waals surface area contributed by atoms with Crippen LogP contribution in [0.15, 0.2) is 48.5 Å². The van der Waals surface area contributed by atoms with Crippen LogP contribution in [0.25, 0.3) is 0 Å². The number of urea groups is 1. The van der Waals surface area contributed by atoms with E-state index >= 15 is 0 Å². The Labute approximate surface area is 212 Å². The first kappa shape index (κ1) is 26.4. The lowest BCUT2D eigenvalue weighted by Crippen LogP contribution is -2.76. The highest BCUT2D eigenvalue weighted by molar-refractivity contribution is 5.91. The van der Waals surface area contributed by atoms with Crippen LogP contribution in [0.4, 0.5) is 18.0 Å². The van der Waals surface area contributed by atoms with Crippen LogP contribution in [-0.2, 0) is 22.7 Å². The van der Waals surface area contributed by atoms with Gasteiger partial charge in [-0.15, -0.1) is 0 Å². The molecule has 0 bridgehead atoms. The minimum atomic E-state index is -1.10. The van der Waals surface area contributed by atoms with Gasteiger partial charge in [0, 0.05) is 13.1 Å². The fourth-order valence-corrected chi connectivity index (χ4v) is 4.70. The molecule has 4 rings (SSSR count). The van der Waals surface area contributed by atoms with Gasteiger partial charge in [-0.25, -0.2) is 23.0 Å². The van der Waals surface area contributed by atoms with Gasteiger partial charge in [0.1, 0.15) is 30.4 Å². The second kappa shape index (κ2) is 11.6. The molecule has 0 radical (unpaired) electrons. The Balaban J connectivity index is 1.61. The van der Waals surface area contributed by atoms with E-state index < -0.39 is 49.1 Å². The summed E-state index contributed by atoms with van der Waals surface area (Å²) in [5.74, 6) is -1.62. The molecule has 0 aliphatic carbocycles. The summed E-state index contributed by atoms with van der Waals surface area (Å²) < 4.78 is 40.7. The number of fused-ring (bicyclic) bond motifs is 1. The van der Waals surface area contributed by atoms with E-state index in [4.69, 9.17) is 5.73 Å². The summed E-state index contributed by atoms with van der Waals surface area (Å²) in [5.41, 5.74) is 6.96. The maximum absolute atomic E-state index is 14.0. The van der Waals surface area contributed by atoms with Crippen LogP contribution in [0.3, 0.4) is 0 Å². The number of amides is 4. The zero-order valence-corrected chi connectivity index (χ0v) is 20.2. The van der Waals surface area contributed by atoms with E-state index in [9.17, 15) is 27.6 Å². The molecule has 0 aromatic heterocycles. The van der Waals surface area contributed by atoms with E-state index in [0.29, 0.717) is 24.1 Å². The van der Waals surface area contributed by atoms with E-state index in [1.165, 1.54) is 46.2 Å². The first-order valence-electron chi connectivity index (χ1n) is 12.0. The van der Waals surface area contributed by atoms with Crippen LogP contribution in [0.1, 0.15) is 24.0 Å². The maximum Gasteiger partial charge on any atom is 0.334 e. The van der Waals surface area contributed by atoms with Crippen molar-refractivity contribution >= 4 is 17.8 Å².